The first-order valence-corrected chi connectivity index (χ1v) is 5.72. The van der Waals surface area contributed by atoms with Gasteiger partial charge in [0, 0.05) is 0 Å². The SMILES string of the molecule is COC(=O)COc1c(Br)cc(C=NN)cc1OC. The molecule has 2 N–H and O–H groups in total. The van der Waals surface area contributed by atoms with E-state index in [9.17, 15) is 4.79 Å². The summed E-state index contributed by atoms with van der Waals surface area (Å²) >= 11 is 3.32. The topological polar surface area (TPSA) is 83.1 Å². The quantitative estimate of drug-likeness (QED) is 0.383. The first-order chi connectivity index (χ1) is 8.62. The van der Waals surface area contributed by atoms with Crippen LogP contribution < -0.4 is 15.3 Å². The van der Waals surface area contributed by atoms with Crippen LogP contribution in [0.1, 0.15) is 5.56 Å². The van der Waals surface area contributed by atoms with Crippen LogP contribution in [0.2, 0.25) is 0 Å². The van der Waals surface area contributed by atoms with Crippen LogP contribution in [0.3, 0.4) is 0 Å². The molecule has 0 bridgehead atoms. The second-order valence-electron chi connectivity index (χ2n) is 3.18. The van der Waals surface area contributed by atoms with E-state index in [0.29, 0.717) is 16.0 Å². The molecule has 0 heterocycles. The van der Waals surface area contributed by atoms with Gasteiger partial charge < -0.3 is 20.1 Å². The first kappa shape index (κ1) is 14.3. The average Bonchev–Trinajstić information content (AvgIpc) is 2.36. The molecule has 1 rings (SSSR count). The normalized spacial score (nSPS) is 10.4. The van der Waals surface area contributed by atoms with E-state index in [0.717, 1.165) is 5.56 Å². The summed E-state index contributed by atoms with van der Waals surface area (Å²) in [6.45, 7) is -0.199. The molecule has 0 aliphatic carbocycles. The Labute approximate surface area is 113 Å². The second kappa shape index (κ2) is 6.85. The van der Waals surface area contributed by atoms with Crippen molar-refractivity contribution in [3.05, 3.63) is 22.2 Å². The maximum absolute atomic E-state index is 11.0. The third-order valence-corrected chi connectivity index (χ3v) is 2.63. The van der Waals surface area contributed by atoms with Gasteiger partial charge in [-0.1, -0.05) is 0 Å². The summed E-state index contributed by atoms with van der Waals surface area (Å²) in [5, 5.41) is 3.42. The molecule has 0 saturated heterocycles. The van der Waals surface area contributed by atoms with Gasteiger partial charge in [-0.3, -0.25) is 0 Å². The van der Waals surface area contributed by atoms with Gasteiger partial charge in [0.2, 0.25) is 0 Å². The highest BCUT2D eigenvalue weighted by atomic mass is 79.9. The van der Waals surface area contributed by atoms with Crippen molar-refractivity contribution in [2.45, 2.75) is 0 Å². The minimum Gasteiger partial charge on any atom is -0.493 e. The smallest absolute Gasteiger partial charge is 0.343 e. The van der Waals surface area contributed by atoms with Crippen LogP contribution in [-0.4, -0.2) is 33.0 Å². The Morgan fingerprint density at radius 1 is 1.50 bits per heavy atom. The summed E-state index contributed by atoms with van der Waals surface area (Å²) in [6, 6.07) is 3.43. The Morgan fingerprint density at radius 2 is 2.22 bits per heavy atom. The van der Waals surface area contributed by atoms with Gasteiger partial charge in [0.15, 0.2) is 18.1 Å². The summed E-state index contributed by atoms with van der Waals surface area (Å²) in [6.07, 6.45) is 1.47. The molecule has 0 saturated carbocycles. The van der Waals surface area contributed by atoms with Crippen LogP contribution in [0.4, 0.5) is 0 Å². The van der Waals surface area contributed by atoms with E-state index in [4.69, 9.17) is 15.3 Å². The number of hydrazone groups is 1. The summed E-state index contributed by atoms with van der Waals surface area (Å²) < 4.78 is 15.6. The fourth-order valence-corrected chi connectivity index (χ4v) is 1.80. The fraction of sp³-hybridized carbons (Fsp3) is 0.273. The zero-order valence-electron chi connectivity index (χ0n) is 9.97. The van der Waals surface area contributed by atoms with Crippen molar-refractivity contribution >= 4 is 28.1 Å². The molecule has 0 spiro atoms. The summed E-state index contributed by atoms with van der Waals surface area (Å²) in [4.78, 5) is 11.0. The van der Waals surface area contributed by atoms with Crippen molar-refractivity contribution in [3.63, 3.8) is 0 Å². The third kappa shape index (κ3) is 3.63. The van der Waals surface area contributed by atoms with E-state index in [2.05, 4.69) is 25.8 Å². The van der Waals surface area contributed by atoms with E-state index < -0.39 is 5.97 Å². The van der Waals surface area contributed by atoms with Crippen LogP contribution in [0.5, 0.6) is 11.5 Å². The Morgan fingerprint density at radius 3 is 2.78 bits per heavy atom. The highest BCUT2D eigenvalue weighted by Gasteiger charge is 2.13. The minimum absolute atomic E-state index is 0.199. The predicted octanol–water partition coefficient (Wildman–Crippen LogP) is 1.30. The molecule has 0 aliphatic heterocycles. The molecule has 6 nitrogen and oxygen atoms in total. The third-order valence-electron chi connectivity index (χ3n) is 2.04. The van der Waals surface area contributed by atoms with Crippen molar-refractivity contribution in [2.75, 3.05) is 20.8 Å². The predicted molar refractivity (Wildman–Crippen MR) is 70.0 cm³/mol. The monoisotopic (exact) mass is 316 g/mol. The molecule has 0 unspecified atom stereocenters. The van der Waals surface area contributed by atoms with Crippen LogP contribution >= 0.6 is 15.9 Å². The molecule has 0 atom stereocenters. The Hall–Kier alpha value is -1.76. The maximum atomic E-state index is 11.0. The number of halogens is 1. The van der Waals surface area contributed by atoms with Gasteiger partial charge in [-0.2, -0.15) is 5.10 Å². The lowest BCUT2D eigenvalue weighted by molar-refractivity contribution is -0.142. The minimum atomic E-state index is -0.475. The first-order valence-electron chi connectivity index (χ1n) is 4.92. The molecule has 0 fully saturated rings. The van der Waals surface area contributed by atoms with E-state index in [1.165, 1.54) is 20.4 Å². The Kier molecular flexibility index (Phi) is 5.44. The van der Waals surface area contributed by atoms with E-state index in [1.54, 1.807) is 12.1 Å². The van der Waals surface area contributed by atoms with Gasteiger partial charge in [-0.15, -0.1) is 0 Å². The number of carbonyl (C=O) groups excluding carboxylic acids is 1. The number of ether oxygens (including phenoxy) is 3. The summed E-state index contributed by atoms with van der Waals surface area (Å²) in [5.41, 5.74) is 0.742. The molecule has 98 valence electrons. The Bertz CT molecular complexity index is 463. The molecule has 0 amide bonds. The average molecular weight is 317 g/mol. The fourth-order valence-electron chi connectivity index (χ4n) is 1.23. The molecule has 7 heteroatoms. The Balaban J connectivity index is 2.99. The number of esters is 1. The van der Waals surface area contributed by atoms with Gasteiger partial charge >= 0.3 is 5.97 Å². The summed E-state index contributed by atoms with van der Waals surface area (Å²) in [5.74, 6) is 5.48. The van der Waals surface area contributed by atoms with Crippen LogP contribution in [0.15, 0.2) is 21.7 Å². The zero-order chi connectivity index (χ0) is 13.5. The van der Waals surface area contributed by atoms with Crippen LogP contribution in [0.25, 0.3) is 0 Å². The molecule has 1 aromatic carbocycles. The molecular formula is C11H13BrN2O4. The lowest BCUT2D eigenvalue weighted by atomic mass is 10.2. The van der Waals surface area contributed by atoms with Gasteiger partial charge in [0.05, 0.1) is 24.9 Å². The number of rotatable bonds is 5. The summed E-state index contributed by atoms with van der Waals surface area (Å²) in [7, 11) is 2.79. The number of hydrogen-bond donors (Lipinski definition) is 1. The number of carbonyl (C=O) groups is 1. The molecular weight excluding hydrogens is 304 g/mol. The van der Waals surface area contributed by atoms with Crippen molar-refractivity contribution < 1.29 is 19.0 Å². The number of benzene rings is 1. The number of nitrogens with zero attached hydrogens (tertiary/aromatic N) is 1. The molecule has 1 aromatic rings. The lowest BCUT2D eigenvalue weighted by Gasteiger charge is -2.12. The van der Waals surface area contributed by atoms with Crippen LogP contribution in [-0.2, 0) is 9.53 Å². The molecule has 0 radical (unpaired) electrons. The largest absolute Gasteiger partial charge is 0.493 e. The number of nitrogens with two attached hydrogens (primary N) is 1. The van der Waals surface area contributed by atoms with E-state index >= 15 is 0 Å². The lowest BCUT2D eigenvalue weighted by Crippen LogP contribution is -2.13. The second-order valence-corrected chi connectivity index (χ2v) is 4.03. The number of hydrogen-bond acceptors (Lipinski definition) is 6. The number of methoxy groups -OCH3 is 2. The molecule has 0 aromatic heterocycles. The van der Waals surface area contributed by atoms with Crippen molar-refractivity contribution in [3.8, 4) is 11.5 Å². The highest BCUT2D eigenvalue weighted by Crippen LogP contribution is 2.36. The van der Waals surface area contributed by atoms with Crippen molar-refractivity contribution in [1.29, 1.82) is 0 Å². The highest BCUT2D eigenvalue weighted by molar-refractivity contribution is 9.10. The van der Waals surface area contributed by atoms with E-state index in [1.807, 2.05) is 0 Å². The van der Waals surface area contributed by atoms with Crippen molar-refractivity contribution in [1.82, 2.24) is 0 Å². The van der Waals surface area contributed by atoms with Crippen molar-refractivity contribution in [2.24, 2.45) is 10.9 Å². The van der Waals surface area contributed by atoms with Crippen LogP contribution in [0, 0.1) is 0 Å². The van der Waals surface area contributed by atoms with Gasteiger partial charge in [-0.25, -0.2) is 4.79 Å². The van der Waals surface area contributed by atoms with Gasteiger partial charge in [0.25, 0.3) is 0 Å². The van der Waals surface area contributed by atoms with Gasteiger partial charge in [-0.05, 0) is 33.6 Å². The standard InChI is InChI=1S/C11H13BrN2O4/c1-16-9-4-7(5-14-13)3-8(12)11(9)18-6-10(15)17-2/h3-5H,6,13H2,1-2H3. The van der Waals surface area contributed by atoms with Gasteiger partial charge in [0.1, 0.15) is 0 Å². The molecule has 0 aliphatic rings. The maximum Gasteiger partial charge on any atom is 0.343 e. The van der Waals surface area contributed by atoms with E-state index in [-0.39, 0.29) is 6.61 Å². The zero-order valence-corrected chi connectivity index (χ0v) is 11.6. The molecule has 18 heavy (non-hydrogen) atoms.